The van der Waals surface area contributed by atoms with E-state index >= 15 is 0 Å². The average Bonchev–Trinajstić information content (AvgIpc) is 2.88. The van der Waals surface area contributed by atoms with E-state index in [4.69, 9.17) is 0 Å². The molecule has 0 spiro atoms. The van der Waals surface area contributed by atoms with Crippen molar-refractivity contribution >= 4 is 17.0 Å². The Kier molecular flexibility index (Phi) is 5.51. The molecule has 0 unspecified atom stereocenters. The zero-order chi connectivity index (χ0) is 12.8. The molecule has 0 saturated carbocycles. The van der Waals surface area contributed by atoms with Gasteiger partial charge in [-0.3, -0.25) is 0 Å². The summed E-state index contributed by atoms with van der Waals surface area (Å²) in [7, 11) is 2.23. The van der Waals surface area contributed by atoms with E-state index in [9.17, 15) is 0 Å². The Bertz CT molecular complexity index is 342. The Morgan fingerprint density at radius 1 is 1.28 bits per heavy atom. The summed E-state index contributed by atoms with van der Waals surface area (Å²) < 4.78 is 0. The molecule has 0 aliphatic carbocycles. The van der Waals surface area contributed by atoms with E-state index in [1.807, 2.05) is 11.3 Å². The van der Waals surface area contributed by atoms with Crippen LogP contribution in [0, 0.1) is 0 Å². The molecule has 102 valence electrons. The molecule has 1 fully saturated rings. The molecule has 1 aliphatic rings. The van der Waals surface area contributed by atoms with Gasteiger partial charge >= 0.3 is 0 Å². The first kappa shape index (κ1) is 13.9. The minimum Gasteiger partial charge on any atom is -0.374 e. The van der Waals surface area contributed by atoms with Crippen molar-refractivity contribution < 1.29 is 0 Å². The first-order valence-corrected chi connectivity index (χ1v) is 8.19. The highest BCUT2D eigenvalue weighted by atomic mass is 32.1. The number of thiophene rings is 1. The quantitative estimate of drug-likeness (QED) is 0.776. The number of hydrogen-bond acceptors (Lipinski definition) is 3. The van der Waals surface area contributed by atoms with E-state index < -0.39 is 0 Å². The number of hydrogen-bond donors (Lipinski definition) is 0. The van der Waals surface area contributed by atoms with E-state index in [2.05, 4.69) is 35.2 Å². The van der Waals surface area contributed by atoms with Gasteiger partial charge in [-0.05, 0) is 56.8 Å². The van der Waals surface area contributed by atoms with Crippen molar-refractivity contribution in [2.75, 3.05) is 38.1 Å². The summed E-state index contributed by atoms with van der Waals surface area (Å²) in [6.45, 7) is 7.35. The van der Waals surface area contributed by atoms with Crippen molar-refractivity contribution in [2.45, 2.75) is 39.0 Å². The molecular weight excluding hydrogens is 240 g/mol. The van der Waals surface area contributed by atoms with E-state index in [-0.39, 0.29) is 0 Å². The van der Waals surface area contributed by atoms with Crippen LogP contribution in [0.2, 0.25) is 0 Å². The van der Waals surface area contributed by atoms with Crippen molar-refractivity contribution in [3.05, 3.63) is 16.3 Å². The van der Waals surface area contributed by atoms with Crippen LogP contribution in [0.4, 0.5) is 5.69 Å². The van der Waals surface area contributed by atoms with Crippen LogP contribution in [0.5, 0.6) is 0 Å². The summed E-state index contributed by atoms with van der Waals surface area (Å²) in [5.74, 6) is 0. The molecule has 1 saturated heterocycles. The summed E-state index contributed by atoms with van der Waals surface area (Å²) in [6.07, 6.45) is 6.69. The lowest BCUT2D eigenvalue weighted by Crippen LogP contribution is -2.32. The first-order chi connectivity index (χ1) is 8.81. The van der Waals surface area contributed by atoms with Crippen molar-refractivity contribution in [3.8, 4) is 0 Å². The summed E-state index contributed by atoms with van der Waals surface area (Å²) in [5, 5.41) is 2.22. The van der Waals surface area contributed by atoms with Gasteiger partial charge in [0.25, 0.3) is 0 Å². The minimum atomic E-state index is 1.16. The highest BCUT2D eigenvalue weighted by molar-refractivity contribution is 7.10. The Hall–Kier alpha value is -0.540. The summed E-state index contributed by atoms with van der Waals surface area (Å²) >= 11 is 1.89. The monoisotopic (exact) mass is 266 g/mol. The number of nitrogens with zero attached hydrogens (tertiary/aromatic N) is 2. The van der Waals surface area contributed by atoms with Crippen molar-refractivity contribution in [1.82, 2.24) is 4.90 Å². The smallest absolute Gasteiger partial charge is 0.0504 e. The lowest BCUT2D eigenvalue weighted by molar-refractivity contribution is 0.227. The van der Waals surface area contributed by atoms with Crippen molar-refractivity contribution in [2.24, 2.45) is 0 Å². The topological polar surface area (TPSA) is 6.48 Å². The predicted molar refractivity (Wildman–Crippen MR) is 81.9 cm³/mol. The summed E-state index contributed by atoms with van der Waals surface area (Å²) in [4.78, 5) is 6.58. The van der Waals surface area contributed by atoms with Crippen molar-refractivity contribution in [3.63, 3.8) is 0 Å². The normalized spacial score (nSPS) is 17.0. The summed E-state index contributed by atoms with van der Waals surface area (Å²) in [5.41, 5.74) is 1.45. The number of likely N-dealkylation sites (tertiary alicyclic amines) is 1. The van der Waals surface area contributed by atoms with Gasteiger partial charge in [-0.1, -0.05) is 13.3 Å². The number of rotatable bonds is 6. The lowest BCUT2D eigenvalue weighted by Gasteiger charge is -2.27. The van der Waals surface area contributed by atoms with Crippen LogP contribution in [0.25, 0.3) is 0 Å². The Balaban J connectivity index is 1.72. The second-order valence-electron chi connectivity index (χ2n) is 5.26. The van der Waals surface area contributed by atoms with E-state index in [0.29, 0.717) is 0 Å². The van der Waals surface area contributed by atoms with Crippen LogP contribution in [0.15, 0.2) is 11.4 Å². The Morgan fingerprint density at radius 3 is 2.78 bits per heavy atom. The highest BCUT2D eigenvalue weighted by Gasteiger charge is 2.11. The maximum absolute atomic E-state index is 2.63. The molecule has 2 nitrogen and oxygen atoms in total. The zero-order valence-corrected chi connectivity index (χ0v) is 12.6. The van der Waals surface area contributed by atoms with Crippen molar-refractivity contribution in [1.29, 1.82) is 0 Å². The fraction of sp³-hybridized carbons (Fsp3) is 0.733. The van der Waals surface area contributed by atoms with Crippen LogP contribution in [0.1, 0.15) is 37.5 Å². The van der Waals surface area contributed by atoms with Gasteiger partial charge in [0.2, 0.25) is 0 Å². The first-order valence-electron chi connectivity index (χ1n) is 7.31. The molecule has 3 heteroatoms. The second-order valence-corrected chi connectivity index (χ2v) is 6.26. The molecule has 0 N–H and O–H groups in total. The fourth-order valence-corrected chi connectivity index (χ4v) is 3.65. The van der Waals surface area contributed by atoms with Gasteiger partial charge < -0.3 is 9.80 Å². The Morgan fingerprint density at radius 2 is 2.06 bits per heavy atom. The lowest BCUT2D eigenvalue weighted by atomic mass is 10.1. The van der Waals surface area contributed by atoms with E-state index in [0.717, 1.165) is 6.42 Å². The summed E-state index contributed by atoms with van der Waals surface area (Å²) in [6, 6.07) is 2.27. The van der Waals surface area contributed by atoms with Gasteiger partial charge in [0.15, 0.2) is 0 Å². The van der Waals surface area contributed by atoms with Gasteiger partial charge in [-0.25, -0.2) is 0 Å². The molecular formula is C15H26N2S. The van der Waals surface area contributed by atoms with Gasteiger partial charge in [-0.2, -0.15) is 0 Å². The zero-order valence-electron chi connectivity index (χ0n) is 11.8. The molecule has 0 aromatic carbocycles. The number of anilines is 1. The molecule has 1 aliphatic heterocycles. The standard InChI is InChI=1S/C15H26N2S/c1-3-15-14(8-13-18-15)16(2)9-7-12-17-10-5-4-6-11-17/h8,13H,3-7,9-12H2,1-2H3. The molecule has 1 aromatic heterocycles. The molecule has 1 aromatic rings. The van der Waals surface area contributed by atoms with E-state index in [1.165, 1.54) is 62.4 Å². The van der Waals surface area contributed by atoms with Crippen LogP contribution >= 0.6 is 11.3 Å². The molecule has 2 rings (SSSR count). The van der Waals surface area contributed by atoms with Gasteiger partial charge in [0, 0.05) is 18.5 Å². The Labute approximate surface area is 116 Å². The molecule has 0 amide bonds. The van der Waals surface area contributed by atoms with Gasteiger partial charge in [-0.15, -0.1) is 11.3 Å². The van der Waals surface area contributed by atoms with Gasteiger partial charge in [0.1, 0.15) is 0 Å². The van der Waals surface area contributed by atoms with Crippen LogP contribution in [-0.2, 0) is 6.42 Å². The molecule has 0 atom stereocenters. The van der Waals surface area contributed by atoms with E-state index in [1.54, 1.807) is 0 Å². The minimum absolute atomic E-state index is 1.16. The molecule has 0 bridgehead atoms. The fourth-order valence-electron chi connectivity index (χ4n) is 2.77. The van der Waals surface area contributed by atoms with Crippen LogP contribution < -0.4 is 4.90 Å². The largest absolute Gasteiger partial charge is 0.374 e. The third-order valence-electron chi connectivity index (χ3n) is 3.87. The third kappa shape index (κ3) is 3.72. The highest BCUT2D eigenvalue weighted by Crippen LogP contribution is 2.25. The average molecular weight is 266 g/mol. The van der Waals surface area contributed by atoms with Crippen LogP contribution in [0.3, 0.4) is 0 Å². The maximum atomic E-state index is 2.63. The predicted octanol–water partition coefficient (Wildman–Crippen LogP) is 3.62. The van der Waals surface area contributed by atoms with Gasteiger partial charge in [0.05, 0.1) is 5.69 Å². The number of piperidine rings is 1. The molecule has 2 heterocycles. The maximum Gasteiger partial charge on any atom is 0.0504 e. The SMILES string of the molecule is CCc1sccc1N(C)CCCN1CCCCC1. The third-order valence-corrected chi connectivity index (χ3v) is 4.93. The molecule has 18 heavy (non-hydrogen) atoms. The second kappa shape index (κ2) is 7.15. The van der Waals surface area contributed by atoms with Crippen LogP contribution in [-0.4, -0.2) is 38.1 Å². The number of aryl methyl sites for hydroxylation is 1. The molecule has 0 radical (unpaired) electrons.